The third-order valence-corrected chi connectivity index (χ3v) is 5.48. The Morgan fingerprint density at radius 2 is 1.91 bits per heavy atom. The molecule has 0 unspecified atom stereocenters. The van der Waals surface area contributed by atoms with Crippen LogP contribution in [-0.4, -0.2) is 47.6 Å². The summed E-state index contributed by atoms with van der Waals surface area (Å²) in [6.45, 7) is 2.37. The van der Waals surface area contributed by atoms with E-state index in [1.807, 2.05) is 54.6 Å². The fourth-order valence-electron chi connectivity index (χ4n) is 3.71. The Hall–Kier alpha value is -2.64. The second kappa shape index (κ2) is 11.3. The zero-order valence-corrected chi connectivity index (χ0v) is 18.5. The van der Waals surface area contributed by atoms with Crippen LogP contribution >= 0.6 is 11.6 Å². The number of benzene rings is 2. The molecule has 0 amide bonds. The molecule has 2 aromatic carbocycles. The van der Waals surface area contributed by atoms with E-state index in [1.54, 1.807) is 6.26 Å². The minimum Gasteiger partial charge on any atom is -0.467 e. The molecular weight excluding hydrogens is 428 g/mol. The molecule has 6 nitrogen and oxygen atoms in total. The highest BCUT2D eigenvalue weighted by atomic mass is 35.5. The summed E-state index contributed by atoms with van der Waals surface area (Å²) < 4.78 is 10.9. The normalized spacial score (nSPS) is 16.7. The molecule has 0 bridgehead atoms. The van der Waals surface area contributed by atoms with Crippen molar-refractivity contribution in [3.05, 3.63) is 94.9 Å². The Balaban J connectivity index is 1.32. The minimum absolute atomic E-state index is 0.0828. The van der Waals surface area contributed by atoms with Gasteiger partial charge in [-0.15, -0.1) is 0 Å². The molecule has 168 valence electrons. The smallest absolute Gasteiger partial charge is 0.145 e. The number of furan rings is 1. The number of hydrogen-bond donors (Lipinski definition) is 1. The van der Waals surface area contributed by atoms with E-state index in [4.69, 9.17) is 25.6 Å². The van der Waals surface area contributed by atoms with Gasteiger partial charge in [-0.3, -0.25) is 4.90 Å². The van der Waals surface area contributed by atoms with E-state index >= 15 is 0 Å². The van der Waals surface area contributed by atoms with Gasteiger partial charge in [-0.05, 0) is 35.4 Å². The summed E-state index contributed by atoms with van der Waals surface area (Å²) in [5, 5.41) is 15.6. The van der Waals surface area contributed by atoms with Crippen molar-refractivity contribution >= 4 is 17.3 Å². The van der Waals surface area contributed by atoms with Gasteiger partial charge in [0.1, 0.15) is 18.5 Å². The lowest BCUT2D eigenvalue weighted by molar-refractivity contribution is -0.00955. The van der Waals surface area contributed by atoms with Gasteiger partial charge in [-0.25, -0.2) is 0 Å². The van der Waals surface area contributed by atoms with Crippen LogP contribution in [0.25, 0.3) is 0 Å². The molecule has 2 heterocycles. The van der Waals surface area contributed by atoms with Crippen LogP contribution < -0.4 is 0 Å². The highest BCUT2D eigenvalue weighted by Gasteiger charge is 2.26. The maximum Gasteiger partial charge on any atom is 0.145 e. The van der Waals surface area contributed by atoms with Gasteiger partial charge in [0.15, 0.2) is 0 Å². The van der Waals surface area contributed by atoms with E-state index in [1.165, 1.54) is 5.56 Å². The molecule has 0 saturated heterocycles. The highest BCUT2D eigenvalue weighted by molar-refractivity contribution is 6.30. The first kappa shape index (κ1) is 22.6. The van der Waals surface area contributed by atoms with Crippen molar-refractivity contribution in [3.8, 4) is 0 Å². The van der Waals surface area contributed by atoms with Crippen LogP contribution in [0, 0.1) is 0 Å². The summed E-state index contributed by atoms with van der Waals surface area (Å²) in [4.78, 5) is 7.90. The van der Waals surface area contributed by atoms with Crippen LogP contribution in [0.4, 0.5) is 0 Å². The summed E-state index contributed by atoms with van der Waals surface area (Å²) in [5.41, 5.74) is 3.10. The van der Waals surface area contributed by atoms with Crippen molar-refractivity contribution in [2.45, 2.75) is 31.8 Å². The van der Waals surface area contributed by atoms with Crippen molar-refractivity contribution in [1.82, 2.24) is 4.90 Å². The van der Waals surface area contributed by atoms with Crippen molar-refractivity contribution in [2.75, 3.05) is 19.7 Å². The van der Waals surface area contributed by atoms with E-state index in [-0.39, 0.29) is 12.7 Å². The number of aliphatic hydroxyl groups is 1. The number of nitrogens with zero attached hydrogens (tertiary/aromatic N) is 2. The monoisotopic (exact) mass is 454 g/mol. The number of rotatable bonds is 11. The number of ether oxygens (including phenoxy) is 1. The standard InChI is InChI=1S/C25H27ClN2O4/c26-21-10-8-20(9-11-21)25-13-24(32-27-25)16-28(14-19-5-2-1-3-6-19)15-22(29)17-30-18-23-7-4-12-31-23/h1-12,22,24,29H,13-18H2/t22-,24+/m0/s1. The van der Waals surface area contributed by atoms with E-state index < -0.39 is 6.10 Å². The second-order valence-corrected chi connectivity index (χ2v) is 8.34. The first-order valence-electron chi connectivity index (χ1n) is 10.7. The Bertz CT molecular complexity index is 977. The first-order chi connectivity index (χ1) is 15.7. The first-order valence-corrected chi connectivity index (χ1v) is 11.1. The van der Waals surface area contributed by atoms with Gasteiger partial charge in [0, 0.05) is 31.1 Å². The van der Waals surface area contributed by atoms with E-state index in [0.717, 1.165) is 17.0 Å². The Labute approximate surface area is 193 Å². The molecule has 1 N–H and O–H groups in total. The third kappa shape index (κ3) is 6.68. The van der Waals surface area contributed by atoms with Crippen molar-refractivity contribution in [2.24, 2.45) is 5.16 Å². The van der Waals surface area contributed by atoms with E-state index in [2.05, 4.69) is 22.2 Å². The minimum atomic E-state index is -0.633. The summed E-state index contributed by atoms with van der Waals surface area (Å²) in [7, 11) is 0. The van der Waals surface area contributed by atoms with Gasteiger partial charge < -0.3 is 19.1 Å². The molecular formula is C25H27ClN2O4. The molecule has 4 rings (SSSR count). The predicted octanol–water partition coefficient (Wildman–Crippen LogP) is 4.51. The molecule has 0 aliphatic carbocycles. The molecule has 1 aliphatic heterocycles. The molecule has 1 aliphatic rings. The molecule has 0 radical (unpaired) electrons. The molecule has 32 heavy (non-hydrogen) atoms. The number of oxime groups is 1. The average molecular weight is 455 g/mol. The van der Waals surface area contributed by atoms with Gasteiger partial charge in [-0.2, -0.15) is 0 Å². The predicted molar refractivity (Wildman–Crippen MR) is 124 cm³/mol. The third-order valence-electron chi connectivity index (χ3n) is 5.22. The van der Waals surface area contributed by atoms with Gasteiger partial charge in [-0.1, -0.05) is 59.2 Å². The van der Waals surface area contributed by atoms with Crippen LogP contribution in [0.3, 0.4) is 0 Å². The van der Waals surface area contributed by atoms with Crippen LogP contribution in [-0.2, 0) is 22.7 Å². The number of halogens is 1. The topological polar surface area (TPSA) is 67.4 Å². The van der Waals surface area contributed by atoms with Gasteiger partial charge in [0.05, 0.1) is 24.7 Å². The Morgan fingerprint density at radius 3 is 2.66 bits per heavy atom. The summed E-state index contributed by atoms with van der Waals surface area (Å²) in [5.74, 6) is 0.740. The summed E-state index contributed by atoms with van der Waals surface area (Å²) in [6.07, 6.45) is 1.60. The van der Waals surface area contributed by atoms with Gasteiger partial charge in [0.25, 0.3) is 0 Å². The number of aliphatic hydroxyl groups excluding tert-OH is 1. The highest BCUT2D eigenvalue weighted by Crippen LogP contribution is 2.20. The zero-order chi connectivity index (χ0) is 22.2. The Kier molecular flexibility index (Phi) is 7.96. The maximum atomic E-state index is 10.6. The van der Waals surface area contributed by atoms with Gasteiger partial charge in [0.2, 0.25) is 0 Å². The fourth-order valence-corrected chi connectivity index (χ4v) is 3.84. The quantitative estimate of drug-likeness (QED) is 0.462. The maximum absolute atomic E-state index is 10.6. The average Bonchev–Trinajstić information content (AvgIpc) is 3.47. The zero-order valence-electron chi connectivity index (χ0n) is 17.8. The summed E-state index contributed by atoms with van der Waals surface area (Å²) in [6, 6.07) is 21.5. The van der Waals surface area contributed by atoms with E-state index in [0.29, 0.717) is 37.7 Å². The van der Waals surface area contributed by atoms with Crippen molar-refractivity contribution in [1.29, 1.82) is 0 Å². The molecule has 7 heteroatoms. The molecule has 0 spiro atoms. The van der Waals surface area contributed by atoms with Crippen LogP contribution in [0.1, 0.15) is 23.3 Å². The second-order valence-electron chi connectivity index (χ2n) is 7.90. The molecule has 3 aromatic rings. The van der Waals surface area contributed by atoms with Crippen molar-refractivity contribution < 1.29 is 19.1 Å². The lowest BCUT2D eigenvalue weighted by atomic mass is 10.0. The lowest BCUT2D eigenvalue weighted by Gasteiger charge is -2.27. The largest absolute Gasteiger partial charge is 0.467 e. The SMILES string of the molecule is O[C@H](COCc1ccco1)CN(Cc1ccccc1)C[C@H]1CC(c2ccc(Cl)cc2)=NO1. The molecule has 0 saturated carbocycles. The molecule has 2 atom stereocenters. The Morgan fingerprint density at radius 1 is 1.09 bits per heavy atom. The fraction of sp³-hybridized carbons (Fsp3) is 0.320. The van der Waals surface area contributed by atoms with Crippen LogP contribution in [0.15, 0.2) is 82.6 Å². The van der Waals surface area contributed by atoms with Crippen LogP contribution in [0.2, 0.25) is 5.02 Å². The van der Waals surface area contributed by atoms with Crippen molar-refractivity contribution in [3.63, 3.8) is 0 Å². The summed E-state index contributed by atoms with van der Waals surface area (Å²) >= 11 is 5.99. The number of hydrogen-bond acceptors (Lipinski definition) is 6. The lowest BCUT2D eigenvalue weighted by Crippen LogP contribution is -2.39. The molecule has 0 fully saturated rings. The molecule has 1 aromatic heterocycles. The van der Waals surface area contributed by atoms with Gasteiger partial charge >= 0.3 is 0 Å². The van der Waals surface area contributed by atoms with E-state index in [9.17, 15) is 5.11 Å². The van der Waals surface area contributed by atoms with Crippen LogP contribution in [0.5, 0.6) is 0 Å².